The van der Waals surface area contributed by atoms with Crippen molar-refractivity contribution in [2.75, 3.05) is 13.2 Å². The molecule has 0 radical (unpaired) electrons. The van der Waals surface area contributed by atoms with Crippen LogP contribution in [0.25, 0.3) is 0 Å². The van der Waals surface area contributed by atoms with E-state index in [4.69, 9.17) is 4.74 Å². The minimum absolute atomic E-state index is 0.00509. The van der Waals surface area contributed by atoms with Gasteiger partial charge in [0.25, 0.3) is 5.91 Å². The fourth-order valence-electron chi connectivity index (χ4n) is 1.91. The molecule has 17 heavy (non-hydrogen) atoms. The van der Waals surface area contributed by atoms with Gasteiger partial charge < -0.3 is 15.2 Å². The lowest BCUT2D eigenvalue weighted by Gasteiger charge is -2.19. The van der Waals surface area contributed by atoms with E-state index in [1.807, 2.05) is 6.92 Å². The monoisotopic (exact) mass is 236 g/mol. The molecular weight excluding hydrogens is 220 g/mol. The molecule has 2 heterocycles. The number of carbonyl (C=O) groups is 1. The Labute approximate surface area is 99.8 Å². The Kier molecular flexibility index (Phi) is 3.58. The third-order valence-corrected chi connectivity index (χ3v) is 3.02. The molecule has 2 N–H and O–H groups in total. The summed E-state index contributed by atoms with van der Waals surface area (Å²) in [7, 11) is 0. The van der Waals surface area contributed by atoms with Gasteiger partial charge in [-0.25, -0.2) is 0 Å². The van der Waals surface area contributed by atoms with E-state index >= 15 is 0 Å². The molecule has 0 aliphatic carbocycles. The van der Waals surface area contributed by atoms with Crippen LogP contribution in [-0.2, 0) is 4.74 Å². The van der Waals surface area contributed by atoms with E-state index in [-0.39, 0.29) is 17.7 Å². The van der Waals surface area contributed by atoms with Crippen LogP contribution in [0.3, 0.4) is 0 Å². The van der Waals surface area contributed by atoms with Crippen LogP contribution in [-0.4, -0.2) is 35.3 Å². The second kappa shape index (κ2) is 5.14. The number of carbonyl (C=O) groups excluding carboxylic acids is 1. The van der Waals surface area contributed by atoms with Crippen LogP contribution in [0.2, 0.25) is 0 Å². The van der Waals surface area contributed by atoms with Crippen molar-refractivity contribution in [2.45, 2.75) is 19.4 Å². The van der Waals surface area contributed by atoms with Crippen LogP contribution >= 0.6 is 0 Å². The molecule has 1 aromatic rings. The Bertz CT molecular complexity index is 402. The predicted octanol–water partition coefficient (Wildman–Crippen LogP) is 0.942. The molecule has 1 aromatic heterocycles. The van der Waals surface area contributed by atoms with Crippen molar-refractivity contribution in [3.63, 3.8) is 0 Å². The molecule has 1 aliphatic heterocycles. The molecule has 5 nitrogen and oxygen atoms in total. The summed E-state index contributed by atoms with van der Waals surface area (Å²) in [5.41, 5.74) is 0.371. The molecule has 92 valence electrons. The summed E-state index contributed by atoms with van der Waals surface area (Å²) in [6.07, 6.45) is 3.71. The molecule has 1 amide bonds. The average Bonchev–Trinajstić information content (AvgIpc) is 2.82. The number of hydrogen-bond acceptors (Lipinski definition) is 4. The first-order valence-corrected chi connectivity index (χ1v) is 5.69. The highest BCUT2D eigenvalue weighted by molar-refractivity contribution is 5.94. The van der Waals surface area contributed by atoms with Crippen molar-refractivity contribution >= 4 is 5.91 Å². The van der Waals surface area contributed by atoms with Crippen LogP contribution in [0.4, 0.5) is 0 Å². The number of pyridine rings is 1. The van der Waals surface area contributed by atoms with Crippen LogP contribution in [0.1, 0.15) is 23.7 Å². The highest BCUT2D eigenvalue weighted by atomic mass is 16.5. The first-order chi connectivity index (χ1) is 8.16. The van der Waals surface area contributed by atoms with Gasteiger partial charge >= 0.3 is 0 Å². The quantitative estimate of drug-likeness (QED) is 0.819. The maximum atomic E-state index is 11.9. The average molecular weight is 236 g/mol. The van der Waals surface area contributed by atoms with Gasteiger partial charge in [0.1, 0.15) is 5.75 Å². The second-order valence-corrected chi connectivity index (χ2v) is 4.32. The first-order valence-electron chi connectivity index (χ1n) is 5.69. The van der Waals surface area contributed by atoms with E-state index in [2.05, 4.69) is 10.3 Å². The fraction of sp³-hybridized carbons (Fsp3) is 0.500. The number of rotatable bonds is 3. The molecule has 1 aliphatic rings. The second-order valence-electron chi connectivity index (χ2n) is 4.32. The maximum Gasteiger partial charge on any atom is 0.253 e. The van der Waals surface area contributed by atoms with Crippen molar-refractivity contribution < 1.29 is 14.6 Å². The molecule has 2 rings (SSSR count). The Morgan fingerprint density at radius 2 is 2.47 bits per heavy atom. The normalized spacial score (nSPS) is 21.1. The van der Waals surface area contributed by atoms with Gasteiger partial charge in [0.2, 0.25) is 0 Å². The Hall–Kier alpha value is -1.62. The molecule has 1 saturated heterocycles. The molecule has 2 atom stereocenters. The highest BCUT2D eigenvalue weighted by Crippen LogP contribution is 2.17. The number of amides is 1. The molecule has 5 heteroatoms. The molecule has 0 saturated carbocycles. The van der Waals surface area contributed by atoms with Crippen molar-refractivity contribution in [2.24, 2.45) is 5.92 Å². The number of ether oxygens (including phenoxy) is 1. The largest absolute Gasteiger partial charge is 0.506 e. The Morgan fingerprint density at radius 3 is 3.12 bits per heavy atom. The summed E-state index contributed by atoms with van der Waals surface area (Å²) in [6.45, 7) is 3.42. The minimum atomic E-state index is -0.215. The summed E-state index contributed by atoms with van der Waals surface area (Å²) in [6, 6.07) is 1.47. The summed E-state index contributed by atoms with van der Waals surface area (Å²) in [4.78, 5) is 15.6. The minimum Gasteiger partial charge on any atom is -0.506 e. The Balaban J connectivity index is 1.96. The van der Waals surface area contributed by atoms with E-state index in [1.54, 1.807) is 0 Å². The van der Waals surface area contributed by atoms with E-state index in [9.17, 15) is 9.90 Å². The summed E-state index contributed by atoms with van der Waals surface area (Å²) in [5, 5.41) is 12.1. The standard InChI is InChI=1S/C12H16N2O3/c1-8(9-2-3-17-7-9)14-12(16)10-4-11(15)6-13-5-10/h4-6,8-9,15H,2-3,7H2,1H3,(H,14,16). The lowest BCUT2D eigenvalue weighted by Crippen LogP contribution is -2.38. The molecule has 0 aromatic carbocycles. The lowest BCUT2D eigenvalue weighted by molar-refractivity contribution is 0.0921. The Morgan fingerprint density at radius 1 is 1.65 bits per heavy atom. The van der Waals surface area contributed by atoms with Gasteiger partial charge in [-0.1, -0.05) is 0 Å². The summed E-state index contributed by atoms with van der Waals surface area (Å²) in [5.74, 6) is 0.145. The predicted molar refractivity (Wildman–Crippen MR) is 61.8 cm³/mol. The van der Waals surface area contributed by atoms with E-state index < -0.39 is 0 Å². The molecule has 1 fully saturated rings. The van der Waals surface area contributed by atoms with Crippen molar-refractivity contribution in [1.82, 2.24) is 10.3 Å². The van der Waals surface area contributed by atoms with Gasteiger partial charge in [0, 0.05) is 24.8 Å². The topological polar surface area (TPSA) is 71.5 Å². The third kappa shape index (κ3) is 2.94. The summed E-state index contributed by atoms with van der Waals surface area (Å²) >= 11 is 0. The molecule has 0 bridgehead atoms. The van der Waals surface area contributed by atoms with Crippen molar-refractivity contribution in [1.29, 1.82) is 0 Å². The van der Waals surface area contributed by atoms with Crippen LogP contribution < -0.4 is 5.32 Å². The zero-order chi connectivity index (χ0) is 12.3. The zero-order valence-electron chi connectivity index (χ0n) is 9.72. The van der Waals surface area contributed by atoms with Crippen LogP contribution in [0, 0.1) is 5.92 Å². The molecule has 2 unspecified atom stereocenters. The third-order valence-electron chi connectivity index (χ3n) is 3.02. The molecule has 0 spiro atoms. The fourth-order valence-corrected chi connectivity index (χ4v) is 1.91. The lowest BCUT2D eigenvalue weighted by atomic mass is 10.0. The van der Waals surface area contributed by atoms with Gasteiger partial charge in [0.05, 0.1) is 18.4 Å². The van der Waals surface area contributed by atoms with Gasteiger partial charge in [0.15, 0.2) is 0 Å². The van der Waals surface area contributed by atoms with Gasteiger partial charge in [-0.2, -0.15) is 0 Å². The number of nitrogens with zero attached hydrogens (tertiary/aromatic N) is 1. The smallest absolute Gasteiger partial charge is 0.253 e. The van der Waals surface area contributed by atoms with Crippen molar-refractivity contribution in [3.8, 4) is 5.75 Å². The van der Waals surface area contributed by atoms with E-state index in [0.717, 1.165) is 13.0 Å². The number of aromatic hydroxyl groups is 1. The van der Waals surface area contributed by atoms with Gasteiger partial charge in [-0.05, 0) is 19.4 Å². The zero-order valence-corrected chi connectivity index (χ0v) is 9.72. The van der Waals surface area contributed by atoms with Crippen molar-refractivity contribution in [3.05, 3.63) is 24.0 Å². The SMILES string of the molecule is CC(NC(=O)c1cncc(O)c1)C1CCOC1. The number of nitrogens with one attached hydrogen (secondary N) is 1. The number of aromatic nitrogens is 1. The van der Waals surface area contributed by atoms with Gasteiger partial charge in [-0.3, -0.25) is 9.78 Å². The van der Waals surface area contributed by atoms with E-state index in [1.165, 1.54) is 18.5 Å². The van der Waals surface area contributed by atoms with Crippen LogP contribution in [0.15, 0.2) is 18.5 Å². The summed E-state index contributed by atoms with van der Waals surface area (Å²) < 4.78 is 5.28. The van der Waals surface area contributed by atoms with Crippen LogP contribution in [0.5, 0.6) is 5.75 Å². The maximum absolute atomic E-state index is 11.9. The van der Waals surface area contributed by atoms with Gasteiger partial charge in [-0.15, -0.1) is 0 Å². The first kappa shape index (κ1) is 11.9. The number of hydrogen-bond donors (Lipinski definition) is 2. The highest BCUT2D eigenvalue weighted by Gasteiger charge is 2.23. The van der Waals surface area contributed by atoms with E-state index in [0.29, 0.717) is 18.1 Å². The molecular formula is C12H16N2O3.